The highest BCUT2D eigenvalue weighted by Gasteiger charge is 2.38. The molecule has 7 heteroatoms. The van der Waals surface area contributed by atoms with E-state index < -0.39 is 5.41 Å². The van der Waals surface area contributed by atoms with E-state index in [9.17, 15) is 14.4 Å². The first-order valence-corrected chi connectivity index (χ1v) is 11.8. The Balaban J connectivity index is 1.74. The molecule has 7 nitrogen and oxygen atoms in total. The van der Waals surface area contributed by atoms with Crippen LogP contribution in [0.2, 0.25) is 0 Å². The van der Waals surface area contributed by atoms with Gasteiger partial charge in [-0.25, -0.2) is 0 Å². The molecule has 1 N–H and O–H groups in total. The van der Waals surface area contributed by atoms with E-state index in [1.165, 1.54) is 0 Å². The van der Waals surface area contributed by atoms with Gasteiger partial charge in [0.1, 0.15) is 0 Å². The standard InChI is InChI=1S/C25H41N3O4/c1-18-19(2)24(31)22(20(3)23(18)30)25(4,5)17-21(29)27(6)11-7-9-26-10-8-12-28-13-15-32-16-14-28/h26H,7-17H2,1-6H3. The molecule has 0 bridgehead atoms. The number of ketones is 2. The number of ether oxygens (including phenoxy) is 1. The van der Waals surface area contributed by atoms with Gasteiger partial charge in [0, 0.05) is 60.8 Å². The van der Waals surface area contributed by atoms with Gasteiger partial charge in [-0.3, -0.25) is 19.3 Å². The van der Waals surface area contributed by atoms with E-state index in [-0.39, 0.29) is 23.9 Å². The highest BCUT2D eigenvalue weighted by Crippen LogP contribution is 2.39. The van der Waals surface area contributed by atoms with Crippen LogP contribution in [0.5, 0.6) is 0 Å². The van der Waals surface area contributed by atoms with Crippen molar-refractivity contribution in [2.24, 2.45) is 5.41 Å². The van der Waals surface area contributed by atoms with E-state index in [1.54, 1.807) is 32.7 Å². The third-order valence-electron chi connectivity index (χ3n) is 6.66. The molecule has 0 aromatic carbocycles. The van der Waals surface area contributed by atoms with Crippen molar-refractivity contribution in [2.75, 3.05) is 59.5 Å². The van der Waals surface area contributed by atoms with Crippen molar-refractivity contribution >= 4 is 17.5 Å². The molecule has 1 saturated heterocycles. The Kier molecular flexibility index (Phi) is 9.80. The normalized spacial score (nSPS) is 18.6. The Bertz CT molecular complexity index is 776. The Hall–Kier alpha value is -1.83. The summed E-state index contributed by atoms with van der Waals surface area (Å²) in [6.07, 6.45) is 2.19. The van der Waals surface area contributed by atoms with E-state index in [1.807, 2.05) is 13.8 Å². The molecule has 2 aliphatic rings. The van der Waals surface area contributed by atoms with E-state index in [0.717, 1.165) is 58.8 Å². The third-order valence-corrected chi connectivity index (χ3v) is 6.66. The highest BCUT2D eigenvalue weighted by atomic mass is 16.5. The van der Waals surface area contributed by atoms with Gasteiger partial charge in [0.15, 0.2) is 11.6 Å². The van der Waals surface area contributed by atoms with Crippen LogP contribution in [0, 0.1) is 5.41 Å². The number of amides is 1. The average molecular weight is 448 g/mol. The quantitative estimate of drug-likeness (QED) is 0.387. The fourth-order valence-electron chi connectivity index (χ4n) is 4.45. The van der Waals surface area contributed by atoms with Crippen LogP contribution < -0.4 is 5.32 Å². The van der Waals surface area contributed by atoms with Gasteiger partial charge in [-0.2, -0.15) is 0 Å². The van der Waals surface area contributed by atoms with Crippen LogP contribution in [0.25, 0.3) is 0 Å². The first-order valence-electron chi connectivity index (χ1n) is 11.8. The largest absolute Gasteiger partial charge is 0.379 e. The van der Waals surface area contributed by atoms with E-state index in [2.05, 4.69) is 10.2 Å². The molecule has 0 aromatic rings. The predicted octanol–water partition coefficient (Wildman–Crippen LogP) is 2.37. The molecule has 0 saturated carbocycles. The van der Waals surface area contributed by atoms with Crippen molar-refractivity contribution in [1.82, 2.24) is 15.1 Å². The highest BCUT2D eigenvalue weighted by molar-refractivity contribution is 6.25. The van der Waals surface area contributed by atoms with Crippen molar-refractivity contribution in [3.63, 3.8) is 0 Å². The van der Waals surface area contributed by atoms with Gasteiger partial charge >= 0.3 is 0 Å². The van der Waals surface area contributed by atoms with Gasteiger partial charge in [-0.15, -0.1) is 0 Å². The van der Waals surface area contributed by atoms with Crippen LogP contribution >= 0.6 is 0 Å². The van der Waals surface area contributed by atoms with Gasteiger partial charge in [0.25, 0.3) is 0 Å². The Morgan fingerprint density at radius 3 is 2.25 bits per heavy atom. The second-order valence-corrected chi connectivity index (χ2v) is 9.70. The van der Waals surface area contributed by atoms with Crippen LogP contribution in [0.4, 0.5) is 0 Å². The van der Waals surface area contributed by atoms with Crippen LogP contribution in [0.1, 0.15) is 53.9 Å². The maximum atomic E-state index is 12.9. The number of morpholine rings is 1. The lowest BCUT2D eigenvalue weighted by molar-refractivity contribution is -0.131. The average Bonchev–Trinajstić information content (AvgIpc) is 2.75. The van der Waals surface area contributed by atoms with Crippen LogP contribution in [-0.4, -0.2) is 86.8 Å². The monoisotopic (exact) mass is 447 g/mol. The second-order valence-electron chi connectivity index (χ2n) is 9.70. The summed E-state index contributed by atoms with van der Waals surface area (Å²) in [5.41, 5.74) is 1.26. The van der Waals surface area contributed by atoms with Gasteiger partial charge in [-0.1, -0.05) is 13.8 Å². The molecule has 1 aliphatic heterocycles. The number of nitrogens with zero attached hydrogens (tertiary/aromatic N) is 2. The maximum Gasteiger partial charge on any atom is 0.223 e. The SMILES string of the molecule is CC1=C(C)C(=O)C(C(C)(C)CC(=O)N(C)CCCNCCCN2CCOCC2)=C(C)C1=O. The lowest BCUT2D eigenvalue weighted by Crippen LogP contribution is -2.38. The number of hydrogen-bond acceptors (Lipinski definition) is 6. The molecule has 0 aromatic heterocycles. The van der Waals surface area contributed by atoms with Crippen molar-refractivity contribution in [2.45, 2.75) is 53.9 Å². The number of Topliss-reactive ketones (excluding diaryl/α,β-unsaturated/α-hetero) is 2. The van der Waals surface area contributed by atoms with Crippen LogP contribution in [0.15, 0.2) is 22.3 Å². The van der Waals surface area contributed by atoms with Crippen LogP contribution in [-0.2, 0) is 19.1 Å². The summed E-state index contributed by atoms with van der Waals surface area (Å²) in [5.74, 6) is -0.209. The van der Waals surface area contributed by atoms with Crippen molar-refractivity contribution in [1.29, 1.82) is 0 Å². The zero-order valence-corrected chi connectivity index (χ0v) is 20.8. The molecule has 2 rings (SSSR count). The molecule has 32 heavy (non-hydrogen) atoms. The summed E-state index contributed by atoms with van der Waals surface area (Å²) in [5, 5.41) is 3.45. The molecular formula is C25H41N3O4. The Morgan fingerprint density at radius 1 is 1.00 bits per heavy atom. The van der Waals surface area contributed by atoms with Crippen molar-refractivity contribution in [3.05, 3.63) is 22.3 Å². The molecule has 0 radical (unpaired) electrons. The molecule has 0 spiro atoms. The topological polar surface area (TPSA) is 79.0 Å². The van der Waals surface area contributed by atoms with Gasteiger partial charge in [0.05, 0.1) is 13.2 Å². The number of rotatable bonds is 11. The number of carbonyl (C=O) groups is 3. The minimum absolute atomic E-state index is 0.00760. The minimum Gasteiger partial charge on any atom is -0.379 e. The molecule has 0 unspecified atom stereocenters. The van der Waals surface area contributed by atoms with Crippen molar-refractivity contribution in [3.8, 4) is 0 Å². The third kappa shape index (κ3) is 6.83. The van der Waals surface area contributed by atoms with Crippen molar-refractivity contribution < 1.29 is 19.1 Å². The number of allylic oxidation sites excluding steroid dienone is 4. The first-order chi connectivity index (χ1) is 15.1. The summed E-state index contributed by atoms with van der Waals surface area (Å²) in [7, 11) is 1.81. The lowest BCUT2D eigenvalue weighted by atomic mass is 9.71. The smallest absolute Gasteiger partial charge is 0.223 e. The summed E-state index contributed by atoms with van der Waals surface area (Å²) >= 11 is 0. The molecule has 1 fully saturated rings. The molecule has 1 amide bonds. The maximum absolute atomic E-state index is 12.9. The minimum atomic E-state index is -0.693. The number of hydrogen-bond donors (Lipinski definition) is 1. The summed E-state index contributed by atoms with van der Waals surface area (Å²) in [6.45, 7) is 16.2. The summed E-state index contributed by atoms with van der Waals surface area (Å²) in [6, 6.07) is 0. The van der Waals surface area contributed by atoms with E-state index in [4.69, 9.17) is 4.74 Å². The molecular weight excluding hydrogens is 406 g/mol. The lowest BCUT2D eigenvalue weighted by Gasteiger charge is -2.32. The molecule has 1 heterocycles. The Morgan fingerprint density at radius 2 is 1.59 bits per heavy atom. The van der Waals surface area contributed by atoms with Gasteiger partial charge in [0.2, 0.25) is 5.91 Å². The Labute approximate surface area is 193 Å². The van der Waals surface area contributed by atoms with Gasteiger partial charge < -0.3 is 15.0 Å². The zero-order valence-electron chi connectivity index (χ0n) is 20.8. The fraction of sp³-hybridized carbons (Fsp3) is 0.720. The van der Waals surface area contributed by atoms with E-state index in [0.29, 0.717) is 28.8 Å². The predicted molar refractivity (Wildman–Crippen MR) is 126 cm³/mol. The summed E-state index contributed by atoms with van der Waals surface area (Å²) in [4.78, 5) is 42.4. The zero-order chi connectivity index (χ0) is 23.9. The number of carbonyl (C=O) groups excluding carboxylic acids is 3. The van der Waals surface area contributed by atoms with Crippen LogP contribution in [0.3, 0.4) is 0 Å². The molecule has 0 atom stereocenters. The van der Waals surface area contributed by atoms with Gasteiger partial charge in [-0.05, 0) is 53.2 Å². The number of nitrogens with one attached hydrogen (secondary N) is 1. The molecule has 1 aliphatic carbocycles. The summed E-state index contributed by atoms with van der Waals surface area (Å²) < 4.78 is 5.36. The first kappa shape index (κ1) is 26.4. The van der Waals surface area contributed by atoms with E-state index >= 15 is 0 Å². The molecule has 180 valence electrons. The second kappa shape index (κ2) is 11.9. The fourth-order valence-corrected chi connectivity index (χ4v) is 4.45.